The standard InChI is InChI=1S/C15H18O4/c1-3-19-15(18)14(17)9-11(2)13(10-16)12-7-5-4-6-8-12/h4-8,10-11,13H,3,9H2,1-2H3. The van der Waals surface area contributed by atoms with E-state index in [0.717, 1.165) is 11.8 Å². The molecular formula is C15H18O4. The molecule has 4 heteroatoms. The van der Waals surface area contributed by atoms with Gasteiger partial charge in [-0.15, -0.1) is 0 Å². The van der Waals surface area contributed by atoms with Crippen LogP contribution >= 0.6 is 0 Å². The Labute approximate surface area is 112 Å². The van der Waals surface area contributed by atoms with Crippen LogP contribution in [-0.2, 0) is 19.1 Å². The second-order valence-corrected chi connectivity index (χ2v) is 4.40. The minimum Gasteiger partial charge on any atom is -0.460 e. The van der Waals surface area contributed by atoms with Gasteiger partial charge in [-0.3, -0.25) is 4.79 Å². The SMILES string of the molecule is CCOC(=O)C(=O)CC(C)C(C=O)c1ccccc1. The van der Waals surface area contributed by atoms with Gasteiger partial charge >= 0.3 is 5.97 Å². The molecule has 0 heterocycles. The summed E-state index contributed by atoms with van der Waals surface area (Å²) in [5.41, 5.74) is 0.849. The summed E-state index contributed by atoms with van der Waals surface area (Å²) in [6.07, 6.45) is 0.829. The normalized spacial score (nSPS) is 13.4. The van der Waals surface area contributed by atoms with E-state index in [9.17, 15) is 14.4 Å². The predicted molar refractivity (Wildman–Crippen MR) is 70.7 cm³/mol. The molecule has 1 aromatic rings. The molecule has 0 bridgehead atoms. The number of benzene rings is 1. The summed E-state index contributed by atoms with van der Waals surface area (Å²) >= 11 is 0. The van der Waals surface area contributed by atoms with Crippen LogP contribution in [0.15, 0.2) is 30.3 Å². The van der Waals surface area contributed by atoms with Crippen molar-refractivity contribution in [2.45, 2.75) is 26.2 Å². The number of hydrogen-bond donors (Lipinski definition) is 0. The van der Waals surface area contributed by atoms with E-state index in [1.807, 2.05) is 30.3 Å². The molecule has 0 N–H and O–H groups in total. The lowest BCUT2D eigenvalue weighted by molar-refractivity contribution is -0.154. The second-order valence-electron chi connectivity index (χ2n) is 4.40. The van der Waals surface area contributed by atoms with E-state index in [1.54, 1.807) is 13.8 Å². The lowest BCUT2D eigenvalue weighted by Gasteiger charge is -2.18. The zero-order valence-corrected chi connectivity index (χ0v) is 11.2. The summed E-state index contributed by atoms with van der Waals surface area (Å²) in [4.78, 5) is 34.1. The smallest absolute Gasteiger partial charge is 0.374 e. The van der Waals surface area contributed by atoms with Crippen LogP contribution in [0.4, 0.5) is 0 Å². The fourth-order valence-electron chi connectivity index (χ4n) is 1.93. The molecule has 0 saturated heterocycles. The van der Waals surface area contributed by atoms with Crippen molar-refractivity contribution in [2.24, 2.45) is 5.92 Å². The third-order valence-electron chi connectivity index (χ3n) is 2.95. The predicted octanol–water partition coefficient (Wildman–Crippen LogP) is 2.13. The molecule has 0 fully saturated rings. The number of esters is 1. The van der Waals surface area contributed by atoms with Gasteiger partial charge in [-0.05, 0) is 18.4 Å². The van der Waals surface area contributed by atoms with E-state index in [2.05, 4.69) is 4.74 Å². The third-order valence-corrected chi connectivity index (χ3v) is 2.95. The maximum Gasteiger partial charge on any atom is 0.374 e. The summed E-state index contributed by atoms with van der Waals surface area (Å²) in [7, 11) is 0. The molecule has 0 saturated carbocycles. The zero-order valence-electron chi connectivity index (χ0n) is 11.2. The van der Waals surface area contributed by atoms with Gasteiger partial charge in [-0.2, -0.15) is 0 Å². The number of ketones is 1. The Morgan fingerprint density at radius 3 is 2.42 bits per heavy atom. The Morgan fingerprint density at radius 1 is 1.26 bits per heavy atom. The second kappa shape index (κ2) is 7.46. The number of Topliss-reactive ketones (excluding diaryl/α,β-unsaturated/α-hetero) is 1. The highest BCUT2D eigenvalue weighted by Crippen LogP contribution is 2.25. The maximum absolute atomic E-state index is 11.6. The summed E-state index contributed by atoms with van der Waals surface area (Å²) in [5, 5.41) is 0. The van der Waals surface area contributed by atoms with Crippen LogP contribution in [0.25, 0.3) is 0 Å². The highest BCUT2D eigenvalue weighted by atomic mass is 16.5. The Bertz CT molecular complexity index is 439. The fourth-order valence-corrected chi connectivity index (χ4v) is 1.93. The van der Waals surface area contributed by atoms with E-state index in [-0.39, 0.29) is 24.9 Å². The summed E-state index contributed by atoms with van der Waals surface area (Å²) < 4.78 is 4.65. The van der Waals surface area contributed by atoms with E-state index in [4.69, 9.17) is 0 Å². The lowest BCUT2D eigenvalue weighted by Crippen LogP contribution is -2.22. The number of rotatable bonds is 7. The van der Waals surface area contributed by atoms with Crippen molar-refractivity contribution in [3.05, 3.63) is 35.9 Å². The molecule has 4 nitrogen and oxygen atoms in total. The average molecular weight is 262 g/mol. The van der Waals surface area contributed by atoms with Crippen molar-refractivity contribution >= 4 is 18.0 Å². The quantitative estimate of drug-likeness (QED) is 0.429. The number of ether oxygens (including phenoxy) is 1. The van der Waals surface area contributed by atoms with Crippen LogP contribution in [0, 0.1) is 5.92 Å². The Balaban J connectivity index is 2.70. The Kier molecular flexibility index (Phi) is 5.93. The highest BCUT2D eigenvalue weighted by molar-refractivity contribution is 6.33. The van der Waals surface area contributed by atoms with Crippen molar-refractivity contribution in [1.29, 1.82) is 0 Å². The fraction of sp³-hybridized carbons (Fsp3) is 0.400. The first-order valence-corrected chi connectivity index (χ1v) is 6.30. The number of hydrogen-bond acceptors (Lipinski definition) is 4. The van der Waals surface area contributed by atoms with Gasteiger partial charge in [0.15, 0.2) is 0 Å². The van der Waals surface area contributed by atoms with E-state index < -0.39 is 11.8 Å². The summed E-state index contributed by atoms with van der Waals surface area (Å²) in [5.74, 6) is -2.04. The molecule has 1 aromatic carbocycles. The monoisotopic (exact) mass is 262 g/mol. The highest BCUT2D eigenvalue weighted by Gasteiger charge is 2.25. The van der Waals surface area contributed by atoms with Crippen molar-refractivity contribution in [3.63, 3.8) is 0 Å². The van der Waals surface area contributed by atoms with Crippen LogP contribution < -0.4 is 0 Å². The minimum atomic E-state index is -0.827. The van der Waals surface area contributed by atoms with Crippen LogP contribution in [0.1, 0.15) is 31.7 Å². The minimum absolute atomic E-state index is 0.0110. The molecule has 0 radical (unpaired) electrons. The molecule has 0 aliphatic heterocycles. The molecule has 0 aromatic heterocycles. The van der Waals surface area contributed by atoms with Crippen molar-refractivity contribution in [1.82, 2.24) is 0 Å². The van der Waals surface area contributed by atoms with Gasteiger partial charge in [0.1, 0.15) is 6.29 Å². The van der Waals surface area contributed by atoms with Gasteiger partial charge in [0.05, 0.1) is 6.61 Å². The van der Waals surface area contributed by atoms with Gasteiger partial charge in [-0.1, -0.05) is 37.3 Å². The van der Waals surface area contributed by atoms with Crippen molar-refractivity contribution < 1.29 is 19.1 Å². The first kappa shape index (κ1) is 15.1. The summed E-state index contributed by atoms with van der Waals surface area (Å²) in [6, 6.07) is 9.21. The molecule has 19 heavy (non-hydrogen) atoms. The Hall–Kier alpha value is -1.97. The van der Waals surface area contributed by atoms with Crippen LogP contribution in [0.5, 0.6) is 0 Å². The average Bonchev–Trinajstić information content (AvgIpc) is 2.41. The molecule has 0 aliphatic carbocycles. The number of carbonyl (C=O) groups is 3. The molecule has 2 unspecified atom stereocenters. The lowest BCUT2D eigenvalue weighted by atomic mass is 9.85. The van der Waals surface area contributed by atoms with Crippen molar-refractivity contribution in [3.8, 4) is 0 Å². The Morgan fingerprint density at radius 2 is 1.89 bits per heavy atom. The third kappa shape index (κ3) is 4.32. The zero-order chi connectivity index (χ0) is 14.3. The van der Waals surface area contributed by atoms with Gasteiger partial charge in [0, 0.05) is 12.3 Å². The number of aldehydes is 1. The number of carbonyl (C=O) groups excluding carboxylic acids is 3. The van der Waals surface area contributed by atoms with E-state index >= 15 is 0 Å². The molecule has 0 amide bonds. The largest absolute Gasteiger partial charge is 0.460 e. The van der Waals surface area contributed by atoms with E-state index in [0.29, 0.717) is 0 Å². The molecule has 0 spiro atoms. The van der Waals surface area contributed by atoms with E-state index in [1.165, 1.54) is 0 Å². The molecule has 102 valence electrons. The topological polar surface area (TPSA) is 60.4 Å². The maximum atomic E-state index is 11.6. The first-order valence-electron chi connectivity index (χ1n) is 6.30. The van der Waals surface area contributed by atoms with Gasteiger partial charge in [0.2, 0.25) is 5.78 Å². The van der Waals surface area contributed by atoms with Gasteiger partial charge < -0.3 is 9.53 Å². The van der Waals surface area contributed by atoms with Crippen LogP contribution in [0.2, 0.25) is 0 Å². The van der Waals surface area contributed by atoms with Crippen LogP contribution in [-0.4, -0.2) is 24.6 Å². The van der Waals surface area contributed by atoms with Gasteiger partial charge in [0.25, 0.3) is 0 Å². The molecule has 0 aliphatic rings. The summed E-state index contributed by atoms with van der Waals surface area (Å²) in [6.45, 7) is 3.60. The molecule has 1 rings (SSSR count). The molecular weight excluding hydrogens is 244 g/mol. The molecule has 2 atom stereocenters. The van der Waals surface area contributed by atoms with Crippen LogP contribution in [0.3, 0.4) is 0 Å². The first-order chi connectivity index (χ1) is 9.10. The van der Waals surface area contributed by atoms with Gasteiger partial charge in [-0.25, -0.2) is 4.79 Å². The van der Waals surface area contributed by atoms with Crippen molar-refractivity contribution in [2.75, 3.05) is 6.61 Å².